The molecule has 13 rings (SSSR count). The van der Waals surface area contributed by atoms with Crippen molar-refractivity contribution in [2.75, 3.05) is 0 Å². The molecule has 0 aliphatic carbocycles. The van der Waals surface area contributed by atoms with Gasteiger partial charge < -0.3 is 9.13 Å². The van der Waals surface area contributed by atoms with Crippen LogP contribution >= 0.6 is 37.8 Å². The summed E-state index contributed by atoms with van der Waals surface area (Å²) in [5.41, 5.74) is 7.80. The summed E-state index contributed by atoms with van der Waals surface area (Å²) in [4.78, 5) is 14.7. The highest BCUT2D eigenvalue weighted by molar-refractivity contribution is 8.00. The maximum Gasteiger partial charge on any atom is 0.205 e. The van der Waals surface area contributed by atoms with Crippen LogP contribution in [0.2, 0.25) is 0 Å². The van der Waals surface area contributed by atoms with Gasteiger partial charge in [-0.1, -0.05) is 206 Å². The van der Waals surface area contributed by atoms with E-state index < -0.39 is 14.3 Å². The smallest absolute Gasteiger partial charge is 0.205 e. The van der Waals surface area contributed by atoms with E-state index in [0.717, 1.165) is 81.1 Å². The zero-order valence-corrected chi connectivity index (χ0v) is 38.7. The van der Waals surface area contributed by atoms with Crippen LogP contribution in [0.3, 0.4) is 0 Å². The van der Waals surface area contributed by atoms with Crippen LogP contribution in [-0.4, -0.2) is 19.1 Å². The van der Waals surface area contributed by atoms with Crippen LogP contribution in [0.15, 0.2) is 250 Å². The number of para-hydroxylation sites is 4. The molecule has 2 aliphatic rings. The summed E-state index contributed by atoms with van der Waals surface area (Å²) in [5, 5.41) is 4.07. The summed E-state index contributed by atoms with van der Waals surface area (Å²) in [6, 6.07) is 76.3. The molecule has 0 amide bonds. The zero-order valence-electron chi connectivity index (χ0n) is 35.3. The number of rotatable bonds is 7. The van der Waals surface area contributed by atoms with E-state index in [1.165, 1.54) is 9.79 Å². The first kappa shape index (κ1) is 40.6. The second kappa shape index (κ2) is 16.5. The van der Waals surface area contributed by atoms with Gasteiger partial charge in [0.15, 0.2) is 12.7 Å². The zero-order chi connectivity index (χ0) is 44.2. The molecule has 0 radical (unpaired) electrons. The molecule has 0 N–H and O–H groups in total. The van der Waals surface area contributed by atoms with E-state index in [9.17, 15) is 4.57 Å². The van der Waals surface area contributed by atoms with Gasteiger partial charge in [0, 0.05) is 51.7 Å². The van der Waals surface area contributed by atoms with E-state index in [2.05, 4.69) is 81.9 Å². The number of hydrogen-bond donors (Lipinski definition) is 0. The molecule has 0 saturated carbocycles. The van der Waals surface area contributed by atoms with Crippen LogP contribution in [0.1, 0.15) is 0 Å². The highest BCUT2D eigenvalue weighted by Gasteiger charge is 2.38. The van der Waals surface area contributed by atoms with Crippen LogP contribution < -0.4 is 32.1 Å². The minimum atomic E-state index is -3.20. The van der Waals surface area contributed by atoms with Gasteiger partial charge in [-0.05, 0) is 48.5 Å². The maximum atomic E-state index is 15.0. The number of benzene rings is 9. The third-order valence-corrected chi connectivity index (χ3v) is 20.4. The molecule has 9 aromatic carbocycles. The molecule has 10 heteroatoms. The van der Waals surface area contributed by atoms with Gasteiger partial charge in [-0.3, -0.25) is 9.13 Å². The first-order valence-electron chi connectivity index (χ1n) is 21.6. The summed E-state index contributed by atoms with van der Waals surface area (Å²) < 4.78 is 34.1. The second-order valence-corrected chi connectivity index (χ2v) is 23.6. The Morgan fingerprint density at radius 3 is 1.21 bits per heavy atom. The molecule has 0 saturated heterocycles. The van der Waals surface area contributed by atoms with Crippen molar-refractivity contribution in [3.8, 4) is 22.8 Å². The molecule has 316 valence electrons. The molecule has 2 aromatic heterocycles. The molecule has 0 unspecified atom stereocenters. The fraction of sp³-hybridized carbons (Fsp3) is 0. The van der Waals surface area contributed by atoms with E-state index in [1.54, 1.807) is 23.5 Å². The van der Waals surface area contributed by atoms with Gasteiger partial charge in [0.1, 0.15) is 5.82 Å². The van der Waals surface area contributed by atoms with Crippen molar-refractivity contribution in [2.24, 2.45) is 0 Å². The number of aromatic nitrogens is 4. The average Bonchev–Trinajstić information content (AvgIpc) is 3.99. The Kier molecular flexibility index (Phi) is 10.1. The van der Waals surface area contributed by atoms with Gasteiger partial charge in [-0.25, -0.2) is 9.97 Å². The molecule has 2 aliphatic heterocycles. The van der Waals surface area contributed by atoms with E-state index in [1.807, 2.05) is 158 Å². The maximum absolute atomic E-state index is 15.0. The van der Waals surface area contributed by atoms with Crippen molar-refractivity contribution in [1.29, 1.82) is 0 Å². The fourth-order valence-corrected chi connectivity index (χ4v) is 16.6. The largest absolute Gasteiger partial charge is 0.309 e. The second-order valence-electron chi connectivity index (χ2n) is 16.0. The summed E-state index contributed by atoms with van der Waals surface area (Å²) in [7, 11) is -6.22. The predicted molar refractivity (Wildman–Crippen MR) is 275 cm³/mol. The topological polar surface area (TPSA) is 69.8 Å². The Bertz CT molecular complexity index is 3620. The minimum absolute atomic E-state index is 0.607. The van der Waals surface area contributed by atoms with Crippen molar-refractivity contribution in [3.63, 3.8) is 0 Å². The van der Waals surface area contributed by atoms with Crippen molar-refractivity contribution in [2.45, 2.75) is 19.6 Å². The molecule has 4 heterocycles. The molecule has 0 atom stereocenters. The predicted octanol–water partition coefficient (Wildman–Crippen LogP) is 11.9. The molecule has 6 nitrogen and oxygen atoms in total. The SMILES string of the molecule is O=P(c1ccccc1)(c1ccccc1)c1ccc(-c2nc3cccc4c3n2-c2ccccc2S4)cc1.O=P(c1ccccc1)(c1ccccc1)c1nc2cccc3c2n1-c1ccccc1S3. The molecule has 66 heavy (non-hydrogen) atoms. The third-order valence-electron chi connectivity index (χ3n) is 12.2. The Hall–Kier alpha value is -6.92. The number of hydrogen-bond acceptors (Lipinski definition) is 6. The summed E-state index contributed by atoms with van der Waals surface area (Å²) in [5.74, 6) is 0.894. The number of imidazole rings is 2. The lowest BCUT2D eigenvalue weighted by molar-refractivity contribution is 0.590. The molecular weight excluding hydrogens is 887 g/mol. The molecule has 0 fully saturated rings. The van der Waals surface area contributed by atoms with Crippen LogP contribution in [0.25, 0.3) is 44.8 Å². The van der Waals surface area contributed by atoms with Crippen LogP contribution in [0, 0.1) is 0 Å². The first-order chi connectivity index (χ1) is 32.5. The lowest BCUT2D eigenvalue weighted by atomic mass is 10.2. The van der Waals surface area contributed by atoms with Crippen molar-refractivity contribution >= 4 is 92.0 Å². The van der Waals surface area contributed by atoms with Gasteiger partial charge in [-0.2, -0.15) is 0 Å². The van der Waals surface area contributed by atoms with Gasteiger partial charge in [0.25, 0.3) is 0 Å². The van der Waals surface area contributed by atoms with Gasteiger partial charge in [-0.15, -0.1) is 0 Å². The van der Waals surface area contributed by atoms with Gasteiger partial charge >= 0.3 is 0 Å². The van der Waals surface area contributed by atoms with Crippen molar-refractivity contribution in [3.05, 3.63) is 231 Å². The first-order valence-corrected chi connectivity index (χ1v) is 26.7. The Labute approximate surface area is 390 Å². The number of fused-ring (bicyclic) bond motifs is 4. The molecule has 0 spiro atoms. The summed E-state index contributed by atoms with van der Waals surface area (Å²) in [6.07, 6.45) is 0. The standard InChI is InChI=1S/C31H21N2OPS.C25H17N2OPS/c34-35(23-10-3-1-4-11-23,24-12-5-2-6-13-24)25-20-18-22(19-21-25)31-32-26-14-9-17-29-30(26)33(31)27-15-7-8-16-28(27)36-29;28-29(18-10-3-1-4-11-18,19-12-5-2-6-13-19)25-26-20-14-9-17-23-24(20)27(25)21-15-7-8-16-22(21)30-23/h1-21H;1-17H. The van der Waals surface area contributed by atoms with Crippen molar-refractivity contribution < 1.29 is 9.13 Å². The molecule has 0 bridgehead atoms. The van der Waals surface area contributed by atoms with Crippen LogP contribution in [0.5, 0.6) is 0 Å². The van der Waals surface area contributed by atoms with Crippen LogP contribution in [0.4, 0.5) is 0 Å². The van der Waals surface area contributed by atoms with E-state index in [4.69, 9.17) is 9.97 Å². The lowest BCUT2D eigenvalue weighted by Gasteiger charge is -2.24. The van der Waals surface area contributed by atoms with E-state index in [0.29, 0.717) is 5.57 Å². The van der Waals surface area contributed by atoms with Gasteiger partial charge in [0.05, 0.1) is 33.4 Å². The van der Waals surface area contributed by atoms with E-state index >= 15 is 4.57 Å². The highest BCUT2D eigenvalue weighted by Crippen LogP contribution is 2.49. The fourth-order valence-electron chi connectivity index (χ4n) is 9.10. The van der Waals surface area contributed by atoms with E-state index in [-0.39, 0.29) is 0 Å². The minimum Gasteiger partial charge on any atom is -0.309 e. The normalized spacial score (nSPS) is 12.5. The number of nitrogens with zero attached hydrogens (tertiary/aromatic N) is 4. The van der Waals surface area contributed by atoms with Crippen molar-refractivity contribution in [1.82, 2.24) is 19.1 Å². The average molecular weight is 925 g/mol. The van der Waals surface area contributed by atoms with Crippen LogP contribution in [-0.2, 0) is 9.13 Å². The lowest BCUT2D eigenvalue weighted by Crippen LogP contribution is -2.31. The molecular formula is C56H38N4O2P2S2. The summed E-state index contributed by atoms with van der Waals surface area (Å²) in [6.45, 7) is 0. The summed E-state index contributed by atoms with van der Waals surface area (Å²) >= 11 is 3.53. The Morgan fingerprint density at radius 1 is 0.333 bits per heavy atom. The quantitative estimate of drug-likeness (QED) is 0.148. The van der Waals surface area contributed by atoms with Gasteiger partial charge in [0.2, 0.25) is 7.14 Å². The monoisotopic (exact) mass is 924 g/mol. The third kappa shape index (κ3) is 6.59. The Morgan fingerprint density at radius 2 is 0.712 bits per heavy atom. The molecule has 11 aromatic rings. The highest BCUT2D eigenvalue weighted by atomic mass is 32.2. The Balaban J connectivity index is 0.000000141.